The molecule has 0 heterocycles. The molecule has 0 atom stereocenters. The van der Waals surface area contributed by atoms with Gasteiger partial charge in [0.15, 0.2) is 5.11 Å². The zero-order valence-corrected chi connectivity index (χ0v) is 13.4. The van der Waals surface area contributed by atoms with E-state index in [9.17, 15) is 4.79 Å². The van der Waals surface area contributed by atoms with Crippen LogP contribution in [0, 0.1) is 6.92 Å². The van der Waals surface area contributed by atoms with Gasteiger partial charge < -0.3 is 5.32 Å². The normalized spacial score (nSPS) is 10.0. The van der Waals surface area contributed by atoms with E-state index in [-0.39, 0.29) is 16.0 Å². The van der Waals surface area contributed by atoms with Crippen molar-refractivity contribution in [2.24, 2.45) is 0 Å². The third-order valence-corrected chi connectivity index (χ3v) is 3.43. The van der Waals surface area contributed by atoms with Crippen molar-refractivity contribution in [1.82, 2.24) is 5.32 Å². The van der Waals surface area contributed by atoms with E-state index >= 15 is 0 Å². The van der Waals surface area contributed by atoms with E-state index in [2.05, 4.69) is 10.6 Å². The number of halogens is 2. The van der Waals surface area contributed by atoms with Crippen molar-refractivity contribution in [2.75, 3.05) is 5.32 Å². The highest BCUT2D eigenvalue weighted by molar-refractivity contribution is 7.80. The quantitative estimate of drug-likeness (QED) is 0.796. The molecule has 2 N–H and O–H groups in total. The Kier molecular flexibility index (Phi) is 5.17. The third kappa shape index (κ3) is 4.43. The van der Waals surface area contributed by atoms with Crippen molar-refractivity contribution in [3.8, 4) is 0 Å². The van der Waals surface area contributed by atoms with Gasteiger partial charge in [-0.05, 0) is 55.0 Å². The summed E-state index contributed by atoms with van der Waals surface area (Å²) in [5, 5.41) is 6.47. The topological polar surface area (TPSA) is 41.1 Å². The Hall–Kier alpha value is -1.62. The van der Waals surface area contributed by atoms with Crippen LogP contribution < -0.4 is 10.6 Å². The second-order valence-electron chi connectivity index (χ2n) is 4.40. The number of hydrogen-bond acceptors (Lipinski definition) is 2. The Bertz CT molecular complexity index is 704. The molecule has 0 spiro atoms. The Morgan fingerprint density at radius 2 is 1.90 bits per heavy atom. The highest BCUT2D eigenvalue weighted by Crippen LogP contribution is 2.20. The summed E-state index contributed by atoms with van der Waals surface area (Å²) in [4.78, 5) is 12.1. The largest absolute Gasteiger partial charge is 0.332 e. The molecule has 0 saturated carbocycles. The van der Waals surface area contributed by atoms with Gasteiger partial charge in [0.2, 0.25) is 0 Å². The maximum atomic E-state index is 12.1. The van der Waals surface area contributed by atoms with E-state index < -0.39 is 0 Å². The minimum Gasteiger partial charge on any atom is -0.332 e. The van der Waals surface area contributed by atoms with Gasteiger partial charge in [-0.2, -0.15) is 0 Å². The molecule has 108 valence electrons. The van der Waals surface area contributed by atoms with E-state index in [1.54, 1.807) is 12.1 Å². The van der Waals surface area contributed by atoms with Gasteiger partial charge in [0.05, 0.1) is 10.6 Å². The monoisotopic (exact) mass is 338 g/mol. The van der Waals surface area contributed by atoms with Crippen molar-refractivity contribution < 1.29 is 4.79 Å². The highest BCUT2D eigenvalue weighted by atomic mass is 35.5. The molecule has 0 aromatic heterocycles. The van der Waals surface area contributed by atoms with Crippen molar-refractivity contribution in [3.05, 3.63) is 63.6 Å². The molecular formula is C15H12Cl2N2OS. The molecule has 0 aliphatic heterocycles. The molecule has 0 fully saturated rings. The lowest BCUT2D eigenvalue weighted by molar-refractivity contribution is 0.0978. The van der Waals surface area contributed by atoms with E-state index in [0.29, 0.717) is 10.6 Å². The summed E-state index contributed by atoms with van der Waals surface area (Å²) in [5.41, 5.74) is 2.21. The van der Waals surface area contributed by atoms with Crippen molar-refractivity contribution in [1.29, 1.82) is 0 Å². The van der Waals surface area contributed by atoms with Gasteiger partial charge in [-0.1, -0.05) is 35.3 Å². The van der Waals surface area contributed by atoms with E-state index in [0.717, 1.165) is 11.3 Å². The van der Waals surface area contributed by atoms with Gasteiger partial charge in [0.25, 0.3) is 5.91 Å². The standard InChI is InChI=1S/C15H12Cl2N2OS/c1-9-3-2-4-11(7-9)18-15(21)19-14(20)12-6-5-10(16)8-13(12)17/h2-8H,1H3,(H2,18,19,20,21). The zero-order valence-electron chi connectivity index (χ0n) is 11.1. The molecule has 0 bridgehead atoms. The van der Waals surface area contributed by atoms with Crippen LogP contribution in [0.4, 0.5) is 5.69 Å². The first kappa shape index (κ1) is 15.8. The molecule has 0 aliphatic rings. The fourth-order valence-corrected chi connectivity index (χ4v) is 2.43. The SMILES string of the molecule is Cc1cccc(NC(=S)NC(=O)c2ccc(Cl)cc2Cl)c1. The van der Waals surface area contributed by atoms with E-state index in [4.69, 9.17) is 35.4 Å². The summed E-state index contributed by atoms with van der Waals surface area (Å²) in [5.74, 6) is -0.387. The van der Waals surface area contributed by atoms with Crippen LogP contribution in [0.3, 0.4) is 0 Å². The average Bonchev–Trinajstić information content (AvgIpc) is 2.38. The summed E-state index contributed by atoms with van der Waals surface area (Å²) in [6.07, 6.45) is 0. The van der Waals surface area contributed by atoms with Crippen LogP contribution in [-0.2, 0) is 0 Å². The zero-order chi connectivity index (χ0) is 15.4. The summed E-state index contributed by atoms with van der Waals surface area (Å²) in [7, 11) is 0. The van der Waals surface area contributed by atoms with Crippen LogP contribution in [0.25, 0.3) is 0 Å². The molecule has 21 heavy (non-hydrogen) atoms. The number of hydrogen-bond donors (Lipinski definition) is 2. The lowest BCUT2D eigenvalue weighted by Crippen LogP contribution is -2.34. The smallest absolute Gasteiger partial charge is 0.258 e. The summed E-state index contributed by atoms with van der Waals surface area (Å²) >= 11 is 16.9. The number of carbonyl (C=O) groups is 1. The number of nitrogens with one attached hydrogen (secondary N) is 2. The maximum Gasteiger partial charge on any atom is 0.258 e. The molecule has 6 heteroatoms. The fraction of sp³-hybridized carbons (Fsp3) is 0.0667. The lowest BCUT2D eigenvalue weighted by atomic mass is 10.2. The number of carbonyl (C=O) groups excluding carboxylic acids is 1. The Morgan fingerprint density at radius 3 is 2.57 bits per heavy atom. The minimum absolute atomic E-state index is 0.205. The molecule has 2 aromatic carbocycles. The van der Waals surface area contributed by atoms with Crippen LogP contribution in [-0.4, -0.2) is 11.0 Å². The average molecular weight is 339 g/mol. The Labute approximate surface area is 138 Å². The summed E-state index contributed by atoms with van der Waals surface area (Å²) in [6, 6.07) is 12.3. The van der Waals surface area contributed by atoms with Gasteiger partial charge in [0.1, 0.15) is 0 Å². The lowest BCUT2D eigenvalue weighted by Gasteiger charge is -2.10. The third-order valence-electron chi connectivity index (χ3n) is 2.68. The molecule has 0 radical (unpaired) electrons. The fourth-order valence-electron chi connectivity index (χ4n) is 1.73. The van der Waals surface area contributed by atoms with Crippen molar-refractivity contribution in [3.63, 3.8) is 0 Å². The molecule has 0 aliphatic carbocycles. The van der Waals surface area contributed by atoms with E-state index in [1.807, 2.05) is 31.2 Å². The van der Waals surface area contributed by atoms with E-state index in [1.165, 1.54) is 6.07 Å². The highest BCUT2D eigenvalue weighted by Gasteiger charge is 2.12. The molecule has 0 unspecified atom stereocenters. The predicted octanol–water partition coefficient (Wildman–Crippen LogP) is 4.43. The van der Waals surface area contributed by atoms with Gasteiger partial charge in [0, 0.05) is 10.7 Å². The Morgan fingerprint density at radius 1 is 1.14 bits per heavy atom. The first-order chi connectivity index (χ1) is 9.95. The first-order valence-electron chi connectivity index (χ1n) is 6.10. The molecule has 3 nitrogen and oxygen atoms in total. The summed E-state index contributed by atoms with van der Waals surface area (Å²) in [6.45, 7) is 1.97. The predicted molar refractivity (Wildman–Crippen MR) is 91.3 cm³/mol. The van der Waals surface area contributed by atoms with Crippen LogP contribution in [0.2, 0.25) is 10.0 Å². The number of anilines is 1. The molecule has 1 amide bonds. The van der Waals surface area contributed by atoms with Crippen LogP contribution in [0.5, 0.6) is 0 Å². The maximum absolute atomic E-state index is 12.1. The minimum atomic E-state index is -0.387. The number of aryl methyl sites for hydroxylation is 1. The molecule has 0 saturated heterocycles. The van der Waals surface area contributed by atoms with Crippen LogP contribution >= 0.6 is 35.4 Å². The molecule has 2 aromatic rings. The molecule has 2 rings (SSSR count). The second kappa shape index (κ2) is 6.89. The number of amides is 1. The first-order valence-corrected chi connectivity index (χ1v) is 7.26. The second-order valence-corrected chi connectivity index (χ2v) is 5.65. The van der Waals surface area contributed by atoms with Crippen molar-refractivity contribution in [2.45, 2.75) is 6.92 Å². The van der Waals surface area contributed by atoms with Gasteiger partial charge >= 0.3 is 0 Å². The number of thiocarbonyl (C=S) groups is 1. The van der Waals surface area contributed by atoms with Gasteiger partial charge in [-0.25, -0.2) is 0 Å². The summed E-state index contributed by atoms with van der Waals surface area (Å²) < 4.78 is 0. The van der Waals surface area contributed by atoms with Crippen molar-refractivity contribution >= 4 is 52.1 Å². The number of rotatable bonds is 2. The number of benzene rings is 2. The van der Waals surface area contributed by atoms with Gasteiger partial charge in [-0.15, -0.1) is 0 Å². The van der Waals surface area contributed by atoms with Crippen LogP contribution in [0.1, 0.15) is 15.9 Å². The molecular weight excluding hydrogens is 327 g/mol. The van der Waals surface area contributed by atoms with Gasteiger partial charge in [-0.3, -0.25) is 10.1 Å². The van der Waals surface area contributed by atoms with Crippen LogP contribution in [0.15, 0.2) is 42.5 Å². The Balaban J connectivity index is 2.04.